The van der Waals surface area contributed by atoms with E-state index in [4.69, 9.17) is 16.3 Å². The summed E-state index contributed by atoms with van der Waals surface area (Å²) in [5.74, 6) is 0.0667. The summed E-state index contributed by atoms with van der Waals surface area (Å²) in [7, 11) is 0. The van der Waals surface area contributed by atoms with Crippen molar-refractivity contribution in [2.24, 2.45) is 0 Å². The molecule has 3 nitrogen and oxygen atoms in total. The smallest absolute Gasteiger partial charge is 0.418 e. The molecular weight excluding hydrogens is 293 g/mol. The third kappa shape index (κ3) is 4.20. The Morgan fingerprint density at radius 3 is 2.29 bits per heavy atom. The van der Waals surface area contributed by atoms with Gasteiger partial charge < -0.3 is 4.74 Å². The molecule has 0 saturated heterocycles. The van der Waals surface area contributed by atoms with Gasteiger partial charge in [-0.3, -0.25) is 0 Å². The number of hydrogen-bond donors (Lipinski definition) is 0. The van der Waals surface area contributed by atoms with Crippen molar-refractivity contribution in [2.45, 2.75) is 6.42 Å². The zero-order chi connectivity index (χ0) is 15.1. The molecule has 0 N–H and O–H groups in total. The molecule has 2 aromatic rings. The highest BCUT2D eigenvalue weighted by atomic mass is 35.5. The molecular formula is C16H15ClFNO2. The quantitative estimate of drug-likeness (QED) is 0.590. The number of hydrogen-bond acceptors (Lipinski definition) is 2. The summed E-state index contributed by atoms with van der Waals surface area (Å²) in [6.07, 6.45) is 0.0669. The van der Waals surface area contributed by atoms with Crippen molar-refractivity contribution in [3.05, 3.63) is 60.4 Å². The number of carbonyl (C=O) groups excluding carboxylic acids is 1. The van der Waals surface area contributed by atoms with Crippen molar-refractivity contribution in [1.82, 2.24) is 0 Å². The number of para-hydroxylation sites is 1. The summed E-state index contributed by atoms with van der Waals surface area (Å²) in [6.45, 7) is 0.243. The second-order valence-corrected chi connectivity index (χ2v) is 4.68. The molecule has 0 aromatic heterocycles. The van der Waals surface area contributed by atoms with Crippen LogP contribution in [0.4, 0.5) is 20.6 Å². The first kappa shape index (κ1) is 15.3. The molecule has 2 aromatic carbocycles. The van der Waals surface area contributed by atoms with Crippen LogP contribution in [0.1, 0.15) is 6.42 Å². The number of ether oxygens (including phenoxy) is 1. The minimum Gasteiger partial charge on any atom is -0.449 e. The second-order valence-electron chi connectivity index (χ2n) is 4.30. The first-order valence-electron chi connectivity index (χ1n) is 6.56. The van der Waals surface area contributed by atoms with Crippen LogP contribution in [0.3, 0.4) is 0 Å². The summed E-state index contributed by atoms with van der Waals surface area (Å²) in [5, 5.41) is 0. The van der Waals surface area contributed by atoms with Gasteiger partial charge >= 0.3 is 6.09 Å². The maximum absolute atomic E-state index is 13.1. The fraction of sp³-hybridized carbons (Fsp3) is 0.188. The number of carbonyl (C=O) groups is 1. The highest BCUT2D eigenvalue weighted by molar-refractivity contribution is 6.17. The molecule has 0 spiro atoms. The van der Waals surface area contributed by atoms with Crippen LogP contribution in [-0.2, 0) is 4.74 Å². The van der Waals surface area contributed by atoms with Gasteiger partial charge in [-0.05, 0) is 42.8 Å². The van der Waals surface area contributed by atoms with E-state index in [9.17, 15) is 9.18 Å². The van der Waals surface area contributed by atoms with E-state index in [1.807, 2.05) is 18.2 Å². The van der Waals surface area contributed by atoms with Gasteiger partial charge in [0.2, 0.25) is 0 Å². The van der Waals surface area contributed by atoms with Gasteiger partial charge in [-0.1, -0.05) is 18.2 Å². The Hall–Kier alpha value is -2.07. The maximum atomic E-state index is 13.1. The highest BCUT2D eigenvalue weighted by Crippen LogP contribution is 2.26. The fourth-order valence-corrected chi connectivity index (χ4v) is 1.91. The molecule has 0 bridgehead atoms. The molecule has 0 atom stereocenters. The molecule has 21 heavy (non-hydrogen) atoms. The van der Waals surface area contributed by atoms with Crippen LogP contribution < -0.4 is 4.90 Å². The lowest BCUT2D eigenvalue weighted by molar-refractivity contribution is 0.157. The van der Waals surface area contributed by atoms with Crippen molar-refractivity contribution in [1.29, 1.82) is 0 Å². The van der Waals surface area contributed by atoms with Crippen LogP contribution in [0.25, 0.3) is 0 Å². The van der Waals surface area contributed by atoms with Crippen LogP contribution in [0.5, 0.6) is 0 Å². The van der Waals surface area contributed by atoms with Gasteiger partial charge in [-0.15, -0.1) is 11.6 Å². The Morgan fingerprint density at radius 1 is 1.05 bits per heavy atom. The standard InChI is InChI=1S/C16H15ClFNO2/c17-11-4-12-21-16(20)19(14-5-2-1-3-6-14)15-9-7-13(18)8-10-15/h1-3,5-10H,4,11-12H2. The van der Waals surface area contributed by atoms with Crippen LogP contribution >= 0.6 is 11.6 Å². The SMILES string of the molecule is O=C(OCCCCl)N(c1ccccc1)c1ccc(F)cc1. The molecule has 0 aliphatic carbocycles. The molecule has 2 rings (SSSR count). The second kappa shape index (κ2) is 7.64. The van der Waals surface area contributed by atoms with Gasteiger partial charge in [0, 0.05) is 5.88 Å². The van der Waals surface area contributed by atoms with Crippen LogP contribution in [0, 0.1) is 5.82 Å². The third-order valence-electron chi connectivity index (χ3n) is 2.79. The zero-order valence-electron chi connectivity index (χ0n) is 11.3. The van der Waals surface area contributed by atoms with E-state index >= 15 is 0 Å². The van der Waals surface area contributed by atoms with Crippen LogP contribution in [0.2, 0.25) is 0 Å². The molecule has 110 valence electrons. The van der Waals surface area contributed by atoms with E-state index < -0.39 is 6.09 Å². The highest BCUT2D eigenvalue weighted by Gasteiger charge is 2.19. The van der Waals surface area contributed by atoms with E-state index in [0.29, 0.717) is 23.7 Å². The lowest BCUT2D eigenvalue weighted by Crippen LogP contribution is -2.27. The molecule has 0 unspecified atom stereocenters. The molecule has 0 radical (unpaired) electrons. The normalized spacial score (nSPS) is 10.2. The summed E-state index contributed by atoms with van der Waals surface area (Å²) in [5.41, 5.74) is 1.19. The maximum Gasteiger partial charge on any atom is 0.418 e. The molecule has 0 aliphatic heterocycles. The molecule has 5 heteroatoms. The Bertz CT molecular complexity index is 575. The number of anilines is 2. The van der Waals surface area contributed by atoms with Gasteiger partial charge in [0.25, 0.3) is 0 Å². The van der Waals surface area contributed by atoms with Crippen molar-refractivity contribution < 1.29 is 13.9 Å². The van der Waals surface area contributed by atoms with Gasteiger partial charge in [-0.25, -0.2) is 14.1 Å². The van der Waals surface area contributed by atoms with E-state index in [2.05, 4.69) is 0 Å². The zero-order valence-corrected chi connectivity index (χ0v) is 12.1. The van der Waals surface area contributed by atoms with Gasteiger partial charge in [-0.2, -0.15) is 0 Å². The lowest BCUT2D eigenvalue weighted by Gasteiger charge is -2.22. The van der Waals surface area contributed by atoms with Crippen molar-refractivity contribution in [3.63, 3.8) is 0 Å². The Kier molecular flexibility index (Phi) is 5.58. The minimum absolute atomic E-state index is 0.243. The van der Waals surface area contributed by atoms with Gasteiger partial charge in [0.05, 0.1) is 18.0 Å². The first-order chi connectivity index (χ1) is 10.2. The molecule has 0 fully saturated rings. The predicted molar refractivity (Wildman–Crippen MR) is 81.7 cm³/mol. The number of rotatable bonds is 5. The summed E-state index contributed by atoms with van der Waals surface area (Å²) in [6, 6.07) is 14.7. The van der Waals surface area contributed by atoms with Gasteiger partial charge in [0.1, 0.15) is 5.82 Å². The average molecular weight is 308 g/mol. The Morgan fingerprint density at radius 2 is 1.67 bits per heavy atom. The van der Waals surface area contributed by atoms with Crippen LogP contribution in [0.15, 0.2) is 54.6 Å². The molecule has 0 heterocycles. The minimum atomic E-state index is -0.516. The third-order valence-corrected chi connectivity index (χ3v) is 3.05. The molecule has 0 aliphatic rings. The Labute approximate surface area is 127 Å². The van der Waals surface area contributed by atoms with Crippen molar-refractivity contribution in [2.75, 3.05) is 17.4 Å². The first-order valence-corrected chi connectivity index (χ1v) is 7.09. The number of nitrogens with zero attached hydrogens (tertiary/aromatic N) is 1. The van der Waals surface area contributed by atoms with E-state index in [-0.39, 0.29) is 12.4 Å². The number of halogens is 2. The Balaban J connectivity index is 2.26. The topological polar surface area (TPSA) is 29.5 Å². The fourth-order valence-electron chi connectivity index (χ4n) is 1.81. The largest absolute Gasteiger partial charge is 0.449 e. The van der Waals surface area contributed by atoms with E-state index in [1.165, 1.54) is 29.2 Å². The van der Waals surface area contributed by atoms with E-state index in [0.717, 1.165) is 0 Å². The predicted octanol–water partition coefficient (Wildman–Crippen LogP) is 4.73. The summed E-state index contributed by atoms with van der Waals surface area (Å²) in [4.78, 5) is 13.7. The van der Waals surface area contributed by atoms with Gasteiger partial charge in [0.15, 0.2) is 0 Å². The molecule has 1 amide bonds. The molecule has 0 saturated carbocycles. The summed E-state index contributed by atoms with van der Waals surface area (Å²) >= 11 is 5.57. The monoisotopic (exact) mass is 307 g/mol. The van der Waals surface area contributed by atoms with Crippen LogP contribution in [-0.4, -0.2) is 18.6 Å². The van der Waals surface area contributed by atoms with E-state index in [1.54, 1.807) is 12.1 Å². The number of alkyl halides is 1. The number of amides is 1. The summed E-state index contributed by atoms with van der Waals surface area (Å²) < 4.78 is 18.2. The number of benzene rings is 2. The van der Waals surface area contributed by atoms with Crippen molar-refractivity contribution >= 4 is 29.1 Å². The van der Waals surface area contributed by atoms with Crippen molar-refractivity contribution in [3.8, 4) is 0 Å². The lowest BCUT2D eigenvalue weighted by atomic mass is 10.2. The average Bonchev–Trinajstić information content (AvgIpc) is 2.51.